The second-order valence-electron chi connectivity index (χ2n) is 4.99. The Morgan fingerprint density at radius 2 is 2.00 bits per heavy atom. The van der Waals surface area contributed by atoms with Gasteiger partial charge in [0, 0.05) is 17.2 Å². The third-order valence-electron chi connectivity index (χ3n) is 3.40. The van der Waals surface area contributed by atoms with E-state index < -0.39 is 16.5 Å². The molecule has 0 bridgehead atoms. The van der Waals surface area contributed by atoms with Crippen molar-refractivity contribution in [2.75, 3.05) is 0 Å². The highest BCUT2D eigenvalue weighted by atomic mass is 19.1. The molecule has 1 aromatic heterocycles. The third-order valence-corrected chi connectivity index (χ3v) is 3.40. The number of ketones is 1. The van der Waals surface area contributed by atoms with Gasteiger partial charge < -0.3 is 4.52 Å². The summed E-state index contributed by atoms with van der Waals surface area (Å²) in [5.74, 6) is -1.65. The molecule has 3 aromatic rings. The molecule has 0 aliphatic heterocycles. The Morgan fingerprint density at radius 3 is 2.71 bits per heavy atom. The molecule has 2 aromatic carbocycles. The molecule has 7 nitrogen and oxygen atoms in total. The summed E-state index contributed by atoms with van der Waals surface area (Å²) in [5, 5.41) is 14.5. The van der Waals surface area contributed by atoms with Crippen LogP contribution in [-0.4, -0.2) is 20.8 Å². The van der Waals surface area contributed by atoms with Gasteiger partial charge in [-0.15, -0.1) is 0 Å². The lowest BCUT2D eigenvalue weighted by Gasteiger charge is -1.99. The van der Waals surface area contributed by atoms with Crippen molar-refractivity contribution in [3.63, 3.8) is 0 Å². The van der Waals surface area contributed by atoms with Crippen LogP contribution in [0.15, 0.2) is 47.0 Å². The van der Waals surface area contributed by atoms with E-state index in [9.17, 15) is 19.3 Å². The Morgan fingerprint density at radius 1 is 1.25 bits per heavy atom. The molecule has 1 heterocycles. The fourth-order valence-corrected chi connectivity index (χ4v) is 2.14. The molecule has 0 saturated carbocycles. The molecule has 0 aliphatic rings. The summed E-state index contributed by atoms with van der Waals surface area (Å²) >= 11 is 0. The molecular weight excluding hydrogens is 317 g/mol. The van der Waals surface area contributed by atoms with Crippen LogP contribution in [0.2, 0.25) is 0 Å². The normalized spacial score (nSPS) is 10.6. The second kappa shape index (κ2) is 5.99. The van der Waals surface area contributed by atoms with Crippen LogP contribution in [-0.2, 0) is 0 Å². The van der Waals surface area contributed by atoms with Gasteiger partial charge in [-0.2, -0.15) is 4.98 Å². The average Bonchev–Trinajstić information content (AvgIpc) is 3.04. The zero-order chi connectivity index (χ0) is 17.3. The summed E-state index contributed by atoms with van der Waals surface area (Å²) in [5.41, 5.74) is 0.363. The Bertz CT molecular complexity index is 952. The molecule has 0 atom stereocenters. The highest BCUT2D eigenvalue weighted by Gasteiger charge is 2.21. The number of hydrogen-bond donors (Lipinski definition) is 0. The van der Waals surface area contributed by atoms with Crippen LogP contribution in [0.4, 0.5) is 10.1 Å². The van der Waals surface area contributed by atoms with Gasteiger partial charge in [0.15, 0.2) is 0 Å². The van der Waals surface area contributed by atoms with E-state index in [-0.39, 0.29) is 28.5 Å². The minimum absolute atomic E-state index is 0.0492. The van der Waals surface area contributed by atoms with Gasteiger partial charge in [-0.1, -0.05) is 29.4 Å². The van der Waals surface area contributed by atoms with Gasteiger partial charge >= 0.3 is 0 Å². The summed E-state index contributed by atoms with van der Waals surface area (Å²) in [6.07, 6.45) is 0. The molecular formula is C16H10FN3O4. The maximum atomic E-state index is 13.7. The summed E-state index contributed by atoms with van der Waals surface area (Å²) in [6, 6.07) is 9.81. The summed E-state index contributed by atoms with van der Waals surface area (Å²) in [6.45, 7) is 1.57. The predicted molar refractivity (Wildman–Crippen MR) is 81.0 cm³/mol. The van der Waals surface area contributed by atoms with E-state index >= 15 is 0 Å². The number of aryl methyl sites for hydroxylation is 1. The largest absolute Gasteiger partial charge is 0.333 e. The Balaban J connectivity index is 1.96. The number of halogens is 1. The summed E-state index contributed by atoms with van der Waals surface area (Å²) < 4.78 is 18.6. The fraction of sp³-hybridized carbons (Fsp3) is 0.0625. The van der Waals surface area contributed by atoms with E-state index in [0.29, 0.717) is 5.56 Å². The van der Waals surface area contributed by atoms with Crippen LogP contribution < -0.4 is 0 Å². The Hall–Kier alpha value is -3.42. The maximum Gasteiger partial charge on any atom is 0.273 e. The number of rotatable bonds is 4. The third kappa shape index (κ3) is 2.76. The first-order valence-electron chi connectivity index (χ1n) is 6.85. The van der Waals surface area contributed by atoms with Crippen LogP contribution in [0.1, 0.15) is 21.7 Å². The van der Waals surface area contributed by atoms with Crippen LogP contribution in [0.5, 0.6) is 0 Å². The molecule has 0 saturated heterocycles. The SMILES string of the molecule is Cc1ccc(C(=O)c2noc(-c3ccccc3F)n2)cc1[N+](=O)[O-]. The molecule has 0 fully saturated rings. The van der Waals surface area contributed by atoms with Gasteiger partial charge in [-0.25, -0.2) is 4.39 Å². The lowest BCUT2D eigenvalue weighted by molar-refractivity contribution is -0.385. The molecule has 0 amide bonds. The van der Waals surface area contributed by atoms with Crippen molar-refractivity contribution in [2.45, 2.75) is 6.92 Å². The van der Waals surface area contributed by atoms with Crippen molar-refractivity contribution in [1.82, 2.24) is 10.1 Å². The topological polar surface area (TPSA) is 99.1 Å². The smallest absolute Gasteiger partial charge is 0.273 e. The first-order valence-corrected chi connectivity index (χ1v) is 6.85. The Kier molecular flexibility index (Phi) is 3.87. The minimum atomic E-state index is -0.649. The average molecular weight is 327 g/mol. The molecule has 0 N–H and O–H groups in total. The summed E-state index contributed by atoms with van der Waals surface area (Å²) in [7, 11) is 0. The maximum absolute atomic E-state index is 13.7. The summed E-state index contributed by atoms with van der Waals surface area (Å²) in [4.78, 5) is 26.6. The van der Waals surface area contributed by atoms with Gasteiger partial charge in [0.2, 0.25) is 11.6 Å². The van der Waals surface area contributed by atoms with Gasteiger partial charge in [-0.3, -0.25) is 14.9 Å². The number of nitrogens with zero attached hydrogens (tertiary/aromatic N) is 3. The second-order valence-corrected chi connectivity index (χ2v) is 4.99. The van der Waals surface area contributed by atoms with Crippen molar-refractivity contribution < 1.29 is 18.6 Å². The first kappa shape index (κ1) is 15.5. The standard InChI is InChI=1S/C16H10FN3O4/c1-9-6-7-10(8-13(9)20(22)23)14(21)15-18-16(24-19-15)11-4-2-3-5-12(11)17/h2-8H,1H3. The first-order chi connectivity index (χ1) is 11.5. The molecule has 0 spiro atoms. The molecule has 3 rings (SSSR count). The van der Waals surface area contributed by atoms with Crippen molar-refractivity contribution in [2.24, 2.45) is 0 Å². The van der Waals surface area contributed by atoms with E-state index in [0.717, 1.165) is 6.07 Å². The monoisotopic (exact) mass is 327 g/mol. The van der Waals surface area contributed by atoms with Crippen molar-refractivity contribution in [3.8, 4) is 11.5 Å². The Labute approximate surface area is 134 Å². The zero-order valence-electron chi connectivity index (χ0n) is 12.4. The van der Waals surface area contributed by atoms with Crippen LogP contribution in [0.3, 0.4) is 0 Å². The lowest BCUT2D eigenvalue weighted by atomic mass is 10.1. The van der Waals surface area contributed by atoms with Crippen molar-refractivity contribution >= 4 is 11.5 Å². The van der Waals surface area contributed by atoms with Gasteiger partial charge in [0.1, 0.15) is 5.82 Å². The van der Waals surface area contributed by atoms with E-state index in [1.54, 1.807) is 13.0 Å². The molecule has 24 heavy (non-hydrogen) atoms. The highest BCUT2D eigenvalue weighted by Crippen LogP contribution is 2.23. The van der Waals surface area contributed by atoms with Crippen LogP contribution in [0.25, 0.3) is 11.5 Å². The van der Waals surface area contributed by atoms with Gasteiger partial charge in [0.05, 0.1) is 10.5 Å². The van der Waals surface area contributed by atoms with E-state index in [1.165, 1.54) is 30.3 Å². The molecule has 0 radical (unpaired) electrons. The van der Waals surface area contributed by atoms with E-state index in [4.69, 9.17) is 4.52 Å². The van der Waals surface area contributed by atoms with Crippen LogP contribution >= 0.6 is 0 Å². The number of nitro groups is 1. The molecule has 8 heteroatoms. The van der Waals surface area contributed by atoms with E-state index in [1.807, 2.05) is 0 Å². The number of hydrogen-bond acceptors (Lipinski definition) is 6. The predicted octanol–water partition coefficient (Wildman–Crippen LogP) is 3.32. The minimum Gasteiger partial charge on any atom is -0.333 e. The number of benzene rings is 2. The highest BCUT2D eigenvalue weighted by molar-refractivity contribution is 6.07. The van der Waals surface area contributed by atoms with E-state index in [2.05, 4.69) is 10.1 Å². The number of nitro benzene ring substituents is 1. The quantitative estimate of drug-likeness (QED) is 0.414. The molecule has 0 aliphatic carbocycles. The zero-order valence-corrected chi connectivity index (χ0v) is 12.4. The number of aromatic nitrogens is 2. The molecule has 0 unspecified atom stereocenters. The van der Waals surface area contributed by atoms with Crippen LogP contribution in [0, 0.1) is 22.9 Å². The van der Waals surface area contributed by atoms with Crippen molar-refractivity contribution in [1.29, 1.82) is 0 Å². The number of carbonyl (C=O) groups excluding carboxylic acids is 1. The fourth-order valence-electron chi connectivity index (χ4n) is 2.14. The lowest BCUT2D eigenvalue weighted by Crippen LogP contribution is -2.05. The van der Waals surface area contributed by atoms with Crippen molar-refractivity contribution in [3.05, 3.63) is 75.3 Å². The van der Waals surface area contributed by atoms with Gasteiger partial charge in [0.25, 0.3) is 11.6 Å². The number of carbonyl (C=O) groups is 1. The molecule has 120 valence electrons. The van der Waals surface area contributed by atoms with Gasteiger partial charge in [-0.05, 0) is 19.1 Å².